The SMILES string of the molecule is CCc1nc(-c2ccc(CC(C)(C)NCC(O)c3cccnc3)cc2)cs1. The van der Waals surface area contributed by atoms with Gasteiger partial charge in [0, 0.05) is 41.0 Å². The van der Waals surface area contributed by atoms with Gasteiger partial charge in [-0.25, -0.2) is 4.98 Å². The van der Waals surface area contributed by atoms with Crippen LogP contribution in [0.3, 0.4) is 0 Å². The first kappa shape index (κ1) is 19.7. The van der Waals surface area contributed by atoms with Gasteiger partial charge in [-0.3, -0.25) is 4.98 Å². The first-order valence-electron chi connectivity index (χ1n) is 9.33. The number of nitrogens with zero attached hydrogens (tertiary/aromatic N) is 2. The van der Waals surface area contributed by atoms with Crippen molar-refractivity contribution in [2.24, 2.45) is 0 Å². The first-order chi connectivity index (χ1) is 13.0. The second-order valence-electron chi connectivity index (χ2n) is 7.42. The van der Waals surface area contributed by atoms with Crippen LogP contribution >= 0.6 is 11.3 Å². The van der Waals surface area contributed by atoms with E-state index in [1.807, 2.05) is 12.1 Å². The van der Waals surface area contributed by atoms with Crippen molar-refractivity contribution in [1.82, 2.24) is 15.3 Å². The van der Waals surface area contributed by atoms with Crippen molar-refractivity contribution in [2.45, 2.75) is 45.3 Å². The Bertz CT molecular complexity index is 844. The Labute approximate surface area is 165 Å². The number of β-amino-alcohol motifs (C(OH)–C–C–N with tert-alkyl or cyclic N) is 1. The van der Waals surface area contributed by atoms with Gasteiger partial charge >= 0.3 is 0 Å². The van der Waals surface area contributed by atoms with Crippen molar-refractivity contribution in [3.05, 3.63) is 70.3 Å². The molecular weight excluding hydrogens is 354 g/mol. The van der Waals surface area contributed by atoms with Crippen LogP contribution in [0.25, 0.3) is 11.3 Å². The smallest absolute Gasteiger partial charge is 0.0929 e. The third-order valence-corrected chi connectivity index (χ3v) is 5.59. The predicted molar refractivity (Wildman–Crippen MR) is 112 cm³/mol. The van der Waals surface area contributed by atoms with Gasteiger partial charge in [0.25, 0.3) is 0 Å². The van der Waals surface area contributed by atoms with E-state index in [1.165, 1.54) is 10.6 Å². The fourth-order valence-electron chi connectivity index (χ4n) is 3.04. The van der Waals surface area contributed by atoms with E-state index in [9.17, 15) is 5.11 Å². The Balaban J connectivity index is 1.58. The van der Waals surface area contributed by atoms with Gasteiger partial charge in [-0.05, 0) is 38.3 Å². The summed E-state index contributed by atoms with van der Waals surface area (Å²) < 4.78 is 0. The molecule has 27 heavy (non-hydrogen) atoms. The summed E-state index contributed by atoms with van der Waals surface area (Å²) in [4.78, 5) is 8.72. The number of hydrogen-bond donors (Lipinski definition) is 2. The van der Waals surface area contributed by atoms with E-state index in [2.05, 4.69) is 65.7 Å². The Hall–Kier alpha value is -2.08. The third-order valence-electron chi connectivity index (χ3n) is 4.59. The molecule has 0 radical (unpaired) electrons. The number of hydrogen-bond acceptors (Lipinski definition) is 5. The number of benzene rings is 1. The molecule has 0 aliphatic rings. The number of thiazole rings is 1. The monoisotopic (exact) mass is 381 g/mol. The molecule has 0 amide bonds. The second kappa shape index (κ2) is 8.74. The van der Waals surface area contributed by atoms with Crippen LogP contribution in [-0.2, 0) is 12.8 Å². The second-order valence-corrected chi connectivity index (χ2v) is 8.36. The van der Waals surface area contributed by atoms with Crippen molar-refractivity contribution >= 4 is 11.3 Å². The van der Waals surface area contributed by atoms with Gasteiger partial charge in [0.05, 0.1) is 16.8 Å². The number of aliphatic hydroxyl groups excluding tert-OH is 1. The number of aryl methyl sites for hydroxylation is 1. The number of pyridine rings is 1. The molecule has 142 valence electrons. The quantitative estimate of drug-likeness (QED) is 0.607. The number of rotatable bonds is 8. The maximum absolute atomic E-state index is 10.3. The highest BCUT2D eigenvalue weighted by Crippen LogP contribution is 2.24. The average molecular weight is 382 g/mol. The molecule has 0 aliphatic heterocycles. The van der Waals surface area contributed by atoms with Crippen molar-refractivity contribution in [1.29, 1.82) is 0 Å². The molecular formula is C22H27N3OS. The predicted octanol–water partition coefficient (Wildman–Crippen LogP) is 4.41. The van der Waals surface area contributed by atoms with Gasteiger partial charge in [0.15, 0.2) is 0 Å². The molecule has 1 unspecified atom stereocenters. The van der Waals surface area contributed by atoms with Crippen molar-refractivity contribution in [3.8, 4) is 11.3 Å². The molecule has 3 rings (SSSR count). The molecule has 4 nitrogen and oxygen atoms in total. The van der Waals surface area contributed by atoms with Gasteiger partial charge in [-0.1, -0.05) is 37.3 Å². The van der Waals surface area contributed by atoms with Crippen molar-refractivity contribution in [3.63, 3.8) is 0 Å². The lowest BCUT2D eigenvalue weighted by molar-refractivity contribution is 0.160. The maximum Gasteiger partial charge on any atom is 0.0929 e. The summed E-state index contributed by atoms with van der Waals surface area (Å²) in [7, 11) is 0. The standard InChI is InChI=1S/C22H27N3OS/c1-4-21-25-19(15-27-21)17-9-7-16(8-10-17)12-22(2,3)24-14-20(26)18-6-5-11-23-13-18/h5-11,13,15,20,24,26H,4,12,14H2,1-3H3. The van der Waals surface area contributed by atoms with Crippen molar-refractivity contribution in [2.75, 3.05) is 6.54 Å². The van der Waals surface area contributed by atoms with E-state index in [-0.39, 0.29) is 5.54 Å². The molecule has 0 fully saturated rings. The molecule has 1 atom stereocenters. The molecule has 0 aliphatic carbocycles. The lowest BCUT2D eigenvalue weighted by Gasteiger charge is -2.28. The lowest BCUT2D eigenvalue weighted by atomic mass is 9.93. The van der Waals surface area contributed by atoms with E-state index < -0.39 is 6.10 Å². The van der Waals surface area contributed by atoms with Gasteiger partial charge < -0.3 is 10.4 Å². The minimum atomic E-state index is -0.558. The summed E-state index contributed by atoms with van der Waals surface area (Å²) >= 11 is 1.72. The first-order valence-corrected chi connectivity index (χ1v) is 10.2. The van der Waals surface area contributed by atoms with Crippen LogP contribution in [0, 0.1) is 0 Å². The van der Waals surface area contributed by atoms with Gasteiger partial charge in [0.2, 0.25) is 0 Å². The van der Waals surface area contributed by atoms with Crippen LogP contribution in [-0.4, -0.2) is 27.2 Å². The van der Waals surface area contributed by atoms with Crippen LogP contribution in [0.15, 0.2) is 54.2 Å². The van der Waals surface area contributed by atoms with Crippen LogP contribution in [0.4, 0.5) is 0 Å². The minimum absolute atomic E-state index is 0.124. The summed E-state index contributed by atoms with van der Waals surface area (Å²) in [5, 5.41) is 17.1. The summed E-state index contributed by atoms with van der Waals surface area (Å²) in [6, 6.07) is 12.4. The zero-order valence-electron chi connectivity index (χ0n) is 16.1. The van der Waals surface area contributed by atoms with Gasteiger partial charge in [-0.15, -0.1) is 11.3 Å². The highest BCUT2D eigenvalue weighted by molar-refractivity contribution is 7.09. The Morgan fingerprint density at radius 1 is 1.19 bits per heavy atom. The van der Waals surface area contributed by atoms with Gasteiger partial charge in [0.1, 0.15) is 0 Å². The van der Waals surface area contributed by atoms with Crippen molar-refractivity contribution < 1.29 is 5.11 Å². The average Bonchev–Trinajstić information content (AvgIpc) is 3.16. The van der Waals surface area contributed by atoms with Crippen LogP contribution in [0.2, 0.25) is 0 Å². The lowest BCUT2D eigenvalue weighted by Crippen LogP contribution is -2.43. The largest absolute Gasteiger partial charge is 0.387 e. The summed E-state index contributed by atoms with van der Waals surface area (Å²) in [5.41, 5.74) is 4.19. The highest BCUT2D eigenvalue weighted by atomic mass is 32.1. The van der Waals surface area contributed by atoms with Gasteiger partial charge in [-0.2, -0.15) is 0 Å². The molecule has 0 saturated carbocycles. The normalized spacial score (nSPS) is 12.9. The molecule has 3 aromatic rings. The molecule has 1 aromatic carbocycles. The third kappa shape index (κ3) is 5.45. The fourth-order valence-corrected chi connectivity index (χ4v) is 3.79. The maximum atomic E-state index is 10.3. The fraction of sp³-hybridized carbons (Fsp3) is 0.364. The van der Waals surface area contributed by atoms with E-state index in [1.54, 1.807) is 23.7 Å². The summed E-state index contributed by atoms with van der Waals surface area (Å²) in [5.74, 6) is 0. The van der Waals surface area contributed by atoms with E-state index in [0.717, 1.165) is 29.7 Å². The Morgan fingerprint density at radius 2 is 1.96 bits per heavy atom. The van der Waals surface area contributed by atoms with E-state index in [0.29, 0.717) is 6.54 Å². The molecule has 0 spiro atoms. The molecule has 2 aromatic heterocycles. The summed E-state index contributed by atoms with van der Waals surface area (Å²) in [6.45, 7) is 6.94. The zero-order chi connectivity index (χ0) is 19.3. The van der Waals surface area contributed by atoms with E-state index >= 15 is 0 Å². The summed E-state index contributed by atoms with van der Waals surface area (Å²) in [6.07, 6.45) is 4.72. The van der Waals surface area contributed by atoms with Crippen LogP contribution in [0.5, 0.6) is 0 Å². The van der Waals surface area contributed by atoms with Crippen LogP contribution in [0.1, 0.15) is 43.0 Å². The van der Waals surface area contributed by atoms with Crippen LogP contribution < -0.4 is 5.32 Å². The molecule has 5 heteroatoms. The molecule has 0 saturated heterocycles. The number of nitrogens with one attached hydrogen (secondary N) is 1. The Kier molecular flexibility index (Phi) is 6.37. The molecule has 0 bridgehead atoms. The Morgan fingerprint density at radius 3 is 2.59 bits per heavy atom. The number of aliphatic hydroxyl groups is 1. The topological polar surface area (TPSA) is 58.0 Å². The highest BCUT2D eigenvalue weighted by Gasteiger charge is 2.20. The van der Waals surface area contributed by atoms with E-state index in [4.69, 9.17) is 0 Å². The zero-order valence-corrected chi connectivity index (χ0v) is 17.0. The molecule has 2 N–H and O–H groups in total. The molecule has 2 heterocycles. The number of aromatic nitrogens is 2. The minimum Gasteiger partial charge on any atom is -0.387 e.